The molecule has 70 valence electrons. The number of halogens is 1. The minimum atomic E-state index is -0.646. The lowest BCUT2D eigenvalue weighted by Gasteiger charge is -2.08. The SMILES string of the molecule is Oc1cccc(C2CCC(F)C2)c1. The molecule has 1 aromatic rings. The van der Waals surface area contributed by atoms with Gasteiger partial charge in [0.15, 0.2) is 0 Å². The maximum absolute atomic E-state index is 12.9. The lowest BCUT2D eigenvalue weighted by Crippen LogP contribution is -1.94. The molecule has 2 rings (SSSR count). The standard InChI is InChI=1S/C11H13FO/c12-10-5-4-9(6-10)8-2-1-3-11(13)7-8/h1-3,7,9-10,13H,4-6H2. The van der Waals surface area contributed by atoms with Crippen molar-refractivity contribution >= 4 is 0 Å². The highest BCUT2D eigenvalue weighted by atomic mass is 19.1. The highest BCUT2D eigenvalue weighted by Crippen LogP contribution is 2.36. The number of alkyl halides is 1. The van der Waals surface area contributed by atoms with Crippen molar-refractivity contribution in [1.29, 1.82) is 0 Å². The first-order valence-corrected chi connectivity index (χ1v) is 4.68. The van der Waals surface area contributed by atoms with Crippen LogP contribution in [0.1, 0.15) is 30.7 Å². The van der Waals surface area contributed by atoms with Gasteiger partial charge in [0.25, 0.3) is 0 Å². The smallest absolute Gasteiger partial charge is 0.115 e. The summed E-state index contributed by atoms with van der Waals surface area (Å²) in [5.74, 6) is 0.585. The van der Waals surface area contributed by atoms with E-state index in [0.29, 0.717) is 18.8 Å². The normalized spacial score (nSPS) is 27.8. The summed E-state index contributed by atoms with van der Waals surface area (Å²) in [6, 6.07) is 7.16. The third-order valence-electron chi connectivity index (χ3n) is 2.71. The molecule has 13 heavy (non-hydrogen) atoms. The zero-order valence-corrected chi connectivity index (χ0v) is 7.41. The third-order valence-corrected chi connectivity index (χ3v) is 2.71. The molecular formula is C11H13FO. The molecule has 1 N–H and O–H groups in total. The van der Waals surface area contributed by atoms with Gasteiger partial charge in [-0.15, -0.1) is 0 Å². The minimum Gasteiger partial charge on any atom is -0.508 e. The molecule has 1 aliphatic rings. The van der Waals surface area contributed by atoms with Gasteiger partial charge < -0.3 is 5.11 Å². The third kappa shape index (κ3) is 1.82. The summed E-state index contributed by atoms with van der Waals surface area (Å²) in [4.78, 5) is 0. The molecule has 2 heteroatoms. The Balaban J connectivity index is 2.16. The van der Waals surface area contributed by atoms with Crippen LogP contribution in [0.4, 0.5) is 4.39 Å². The number of phenols is 1. The highest BCUT2D eigenvalue weighted by Gasteiger charge is 2.25. The number of phenolic OH excluding ortho intramolecular Hbond substituents is 1. The van der Waals surface area contributed by atoms with Crippen molar-refractivity contribution in [2.45, 2.75) is 31.4 Å². The van der Waals surface area contributed by atoms with Gasteiger partial charge in [-0.2, -0.15) is 0 Å². The molecule has 1 fully saturated rings. The van der Waals surface area contributed by atoms with E-state index < -0.39 is 6.17 Å². The van der Waals surface area contributed by atoms with Crippen LogP contribution in [0.25, 0.3) is 0 Å². The molecule has 0 bridgehead atoms. The van der Waals surface area contributed by atoms with E-state index in [1.807, 2.05) is 12.1 Å². The Labute approximate surface area is 77.2 Å². The summed E-state index contributed by atoms with van der Waals surface area (Å²) >= 11 is 0. The van der Waals surface area contributed by atoms with Crippen molar-refractivity contribution in [2.24, 2.45) is 0 Å². The minimum absolute atomic E-state index is 0.278. The van der Waals surface area contributed by atoms with E-state index >= 15 is 0 Å². The fraction of sp³-hybridized carbons (Fsp3) is 0.455. The summed E-state index contributed by atoms with van der Waals surface area (Å²) in [5, 5.41) is 9.25. The number of benzene rings is 1. The van der Waals surface area contributed by atoms with E-state index in [4.69, 9.17) is 0 Å². The molecule has 0 heterocycles. The van der Waals surface area contributed by atoms with Crippen molar-refractivity contribution in [3.05, 3.63) is 29.8 Å². The van der Waals surface area contributed by atoms with Gasteiger partial charge in [0, 0.05) is 0 Å². The molecule has 0 spiro atoms. The molecule has 0 saturated heterocycles. The number of hydrogen-bond acceptors (Lipinski definition) is 1. The van der Waals surface area contributed by atoms with Crippen LogP contribution in [0.15, 0.2) is 24.3 Å². The van der Waals surface area contributed by atoms with Crippen molar-refractivity contribution < 1.29 is 9.50 Å². The quantitative estimate of drug-likeness (QED) is 0.704. The Kier molecular flexibility index (Phi) is 2.21. The largest absolute Gasteiger partial charge is 0.508 e. The lowest BCUT2D eigenvalue weighted by atomic mass is 9.98. The number of rotatable bonds is 1. The summed E-state index contributed by atoms with van der Waals surface area (Å²) < 4.78 is 12.9. The Morgan fingerprint density at radius 3 is 2.77 bits per heavy atom. The monoisotopic (exact) mass is 180 g/mol. The van der Waals surface area contributed by atoms with Crippen LogP contribution >= 0.6 is 0 Å². The average Bonchev–Trinajstić information content (AvgIpc) is 2.52. The Morgan fingerprint density at radius 2 is 2.15 bits per heavy atom. The average molecular weight is 180 g/mol. The predicted octanol–water partition coefficient (Wildman–Crippen LogP) is 3.00. The van der Waals surface area contributed by atoms with Crippen molar-refractivity contribution in [3.8, 4) is 5.75 Å². The van der Waals surface area contributed by atoms with Crippen LogP contribution < -0.4 is 0 Å². The van der Waals surface area contributed by atoms with E-state index in [1.54, 1.807) is 12.1 Å². The molecule has 1 aromatic carbocycles. The van der Waals surface area contributed by atoms with Crippen molar-refractivity contribution in [1.82, 2.24) is 0 Å². The van der Waals surface area contributed by atoms with Crippen LogP contribution in [0.5, 0.6) is 5.75 Å². The molecule has 0 aromatic heterocycles. The lowest BCUT2D eigenvalue weighted by molar-refractivity contribution is 0.339. The van der Waals surface area contributed by atoms with Gasteiger partial charge in [-0.3, -0.25) is 0 Å². The van der Waals surface area contributed by atoms with Gasteiger partial charge >= 0.3 is 0 Å². The summed E-state index contributed by atoms with van der Waals surface area (Å²) in [7, 11) is 0. The van der Waals surface area contributed by atoms with Crippen LogP contribution in [0.3, 0.4) is 0 Å². The van der Waals surface area contributed by atoms with E-state index in [2.05, 4.69) is 0 Å². The second-order valence-corrected chi connectivity index (χ2v) is 3.70. The van der Waals surface area contributed by atoms with Crippen LogP contribution in [-0.2, 0) is 0 Å². The molecule has 2 unspecified atom stereocenters. The summed E-state index contributed by atoms with van der Waals surface area (Å²) in [5.41, 5.74) is 1.07. The van der Waals surface area contributed by atoms with E-state index in [-0.39, 0.29) is 5.75 Å². The highest BCUT2D eigenvalue weighted by molar-refractivity contribution is 5.30. The van der Waals surface area contributed by atoms with Gasteiger partial charge in [-0.05, 0) is 42.9 Å². The maximum atomic E-state index is 12.9. The molecule has 1 saturated carbocycles. The number of hydrogen-bond donors (Lipinski definition) is 1. The molecule has 1 nitrogen and oxygen atoms in total. The van der Waals surface area contributed by atoms with E-state index in [1.165, 1.54) is 0 Å². The zero-order chi connectivity index (χ0) is 9.26. The van der Waals surface area contributed by atoms with Crippen molar-refractivity contribution in [2.75, 3.05) is 0 Å². The van der Waals surface area contributed by atoms with Gasteiger partial charge in [-0.1, -0.05) is 12.1 Å². The Hall–Kier alpha value is -1.05. The molecule has 1 aliphatic carbocycles. The fourth-order valence-corrected chi connectivity index (χ4v) is 2.01. The first-order valence-electron chi connectivity index (χ1n) is 4.68. The summed E-state index contributed by atoms with van der Waals surface area (Å²) in [6.07, 6.45) is 1.54. The zero-order valence-electron chi connectivity index (χ0n) is 7.41. The van der Waals surface area contributed by atoms with E-state index in [0.717, 1.165) is 12.0 Å². The van der Waals surface area contributed by atoms with E-state index in [9.17, 15) is 9.50 Å². The van der Waals surface area contributed by atoms with Gasteiger partial charge in [-0.25, -0.2) is 4.39 Å². The number of aromatic hydroxyl groups is 1. The topological polar surface area (TPSA) is 20.2 Å². The molecule has 2 atom stereocenters. The van der Waals surface area contributed by atoms with Gasteiger partial charge in [0.2, 0.25) is 0 Å². The van der Waals surface area contributed by atoms with Crippen LogP contribution in [0, 0.1) is 0 Å². The Morgan fingerprint density at radius 1 is 1.31 bits per heavy atom. The molecule has 0 radical (unpaired) electrons. The maximum Gasteiger partial charge on any atom is 0.115 e. The predicted molar refractivity (Wildman–Crippen MR) is 49.6 cm³/mol. The van der Waals surface area contributed by atoms with Gasteiger partial charge in [0.05, 0.1) is 0 Å². The second kappa shape index (κ2) is 3.36. The first kappa shape index (κ1) is 8.54. The van der Waals surface area contributed by atoms with Crippen LogP contribution in [0.2, 0.25) is 0 Å². The fourth-order valence-electron chi connectivity index (χ4n) is 2.01. The Bertz CT molecular complexity index is 298. The van der Waals surface area contributed by atoms with Crippen molar-refractivity contribution in [3.63, 3.8) is 0 Å². The molecule has 0 amide bonds. The summed E-state index contributed by atoms with van der Waals surface area (Å²) in [6.45, 7) is 0. The van der Waals surface area contributed by atoms with Gasteiger partial charge in [0.1, 0.15) is 11.9 Å². The van der Waals surface area contributed by atoms with Crippen LogP contribution in [-0.4, -0.2) is 11.3 Å². The molecule has 0 aliphatic heterocycles. The second-order valence-electron chi connectivity index (χ2n) is 3.70. The molecular weight excluding hydrogens is 167 g/mol. The first-order chi connectivity index (χ1) is 6.25.